The first-order valence-electron chi connectivity index (χ1n) is 4.99. The summed E-state index contributed by atoms with van der Waals surface area (Å²) in [4.78, 5) is 9.75. The van der Waals surface area contributed by atoms with Crippen molar-refractivity contribution < 1.29 is 22.5 Å². The average molecular weight is 271 g/mol. The van der Waals surface area contributed by atoms with Crippen LogP contribution in [0.2, 0.25) is 0 Å². The predicted octanol–water partition coefficient (Wildman–Crippen LogP) is 3.82. The van der Waals surface area contributed by atoms with Gasteiger partial charge in [0.15, 0.2) is 17.5 Å². The Bertz CT molecular complexity index is 673. The van der Waals surface area contributed by atoms with Crippen molar-refractivity contribution in [3.63, 3.8) is 0 Å². The number of rotatable bonds is 2. The molecular weight excluding hydrogens is 266 g/mol. The lowest BCUT2D eigenvalue weighted by Crippen LogP contribution is -1.97. The molecule has 0 aliphatic rings. The van der Waals surface area contributed by atoms with Crippen molar-refractivity contribution in [3.05, 3.63) is 63.7 Å². The van der Waals surface area contributed by atoms with E-state index in [0.29, 0.717) is 6.07 Å². The molecule has 3 nitrogen and oxygen atoms in total. The molecule has 0 unspecified atom stereocenters. The van der Waals surface area contributed by atoms with Crippen LogP contribution in [0, 0.1) is 33.4 Å². The third kappa shape index (κ3) is 2.26. The Morgan fingerprint density at radius 1 is 0.842 bits per heavy atom. The van der Waals surface area contributed by atoms with Crippen molar-refractivity contribution >= 4 is 5.69 Å². The van der Waals surface area contributed by atoms with E-state index in [1.165, 1.54) is 0 Å². The van der Waals surface area contributed by atoms with Gasteiger partial charge in [-0.05, 0) is 18.2 Å². The molecule has 0 spiro atoms. The molecule has 0 fully saturated rings. The second-order valence-corrected chi connectivity index (χ2v) is 3.64. The summed E-state index contributed by atoms with van der Waals surface area (Å²) in [6.07, 6.45) is 0. The van der Waals surface area contributed by atoms with Crippen molar-refractivity contribution in [2.24, 2.45) is 0 Å². The second-order valence-electron chi connectivity index (χ2n) is 3.64. The van der Waals surface area contributed by atoms with Crippen molar-refractivity contribution in [2.75, 3.05) is 0 Å². The van der Waals surface area contributed by atoms with Gasteiger partial charge in [-0.3, -0.25) is 10.1 Å². The smallest absolute Gasteiger partial charge is 0.258 e. The van der Waals surface area contributed by atoms with Gasteiger partial charge in [0.2, 0.25) is 0 Å². The molecule has 0 radical (unpaired) electrons. The molecule has 0 bridgehead atoms. The molecule has 0 aromatic heterocycles. The molecule has 0 amide bonds. The van der Waals surface area contributed by atoms with E-state index in [1.807, 2.05) is 0 Å². The van der Waals surface area contributed by atoms with Crippen LogP contribution in [0.1, 0.15) is 0 Å². The summed E-state index contributed by atoms with van der Waals surface area (Å²) in [7, 11) is 0. The molecule has 0 N–H and O–H groups in total. The van der Waals surface area contributed by atoms with Crippen LogP contribution in [0.3, 0.4) is 0 Å². The van der Waals surface area contributed by atoms with Gasteiger partial charge in [0.05, 0.1) is 4.92 Å². The minimum atomic E-state index is -1.76. The number of non-ortho nitro benzene ring substituents is 1. The first kappa shape index (κ1) is 13.0. The standard InChI is InChI=1S/C12H5F4NO2/c13-9-3-1-6(17(18)19)5-8(9)7-2-4-10(14)12(16)11(7)15/h1-5H. The first-order chi connectivity index (χ1) is 8.91. The van der Waals surface area contributed by atoms with Crippen LogP contribution in [0.25, 0.3) is 11.1 Å². The minimum Gasteiger partial charge on any atom is -0.258 e. The fraction of sp³-hybridized carbons (Fsp3) is 0. The quantitative estimate of drug-likeness (QED) is 0.360. The second kappa shape index (κ2) is 4.68. The van der Waals surface area contributed by atoms with Gasteiger partial charge in [-0.25, -0.2) is 17.6 Å². The van der Waals surface area contributed by atoms with E-state index in [4.69, 9.17) is 0 Å². The van der Waals surface area contributed by atoms with E-state index in [2.05, 4.69) is 0 Å². The van der Waals surface area contributed by atoms with Gasteiger partial charge in [-0.1, -0.05) is 0 Å². The van der Waals surface area contributed by atoms with Gasteiger partial charge in [0, 0.05) is 23.3 Å². The van der Waals surface area contributed by atoms with Gasteiger partial charge in [-0.2, -0.15) is 0 Å². The lowest BCUT2D eigenvalue weighted by molar-refractivity contribution is -0.384. The zero-order chi connectivity index (χ0) is 14.2. The summed E-state index contributed by atoms with van der Waals surface area (Å²) in [5, 5.41) is 10.6. The van der Waals surface area contributed by atoms with E-state index < -0.39 is 45.0 Å². The topological polar surface area (TPSA) is 43.1 Å². The SMILES string of the molecule is O=[N+]([O-])c1ccc(F)c(-c2ccc(F)c(F)c2F)c1. The Kier molecular flexibility index (Phi) is 3.20. The molecular formula is C12H5F4NO2. The monoisotopic (exact) mass is 271 g/mol. The Labute approximate surface area is 104 Å². The summed E-state index contributed by atoms with van der Waals surface area (Å²) in [6.45, 7) is 0. The van der Waals surface area contributed by atoms with Crippen molar-refractivity contribution in [2.45, 2.75) is 0 Å². The van der Waals surface area contributed by atoms with Gasteiger partial charge < -0.3 is 0 Å². The molecule has 19 heavy (non-hydrogen) atoms. The largest absolute Gasteiger partial charge is 0.270 e. The number of nitro benzene ring substituents is 1. The molecule has 2 aromatic carbocycles. The van der Waals surface area contributed by atoms with Crippen LogP contribution >= 0.6 is 0 Å². The predicted molar refractivity (Wildman–Crippen MR) is 58.4 cm³/mol. The third-order valence-electron chi connectivity index (χ3n) is 2.49. The molecule has 0 aliphatic heterocycles. The zero-order valence-electron chi connectivity index (χ0n) is 9.16. The molecule has 98 valence electrons. The normalized spacial score (nSPS) is 10.5. The fourth-order valence-corrected chi connectivity index (χ4v) is 1.57. The van der Waals surface area contributed by atoms with E-state index in [1.54, 1.807) is 0 Å². The maximum absolute atomic E-state index is 13.5. The summed E-state index contributed by atoms with van der Waals surface area (Å²) < 4.78 is 52.9. The van der Waals surface area contributed by atoms with Crippen LogP contribution in [0.4, 0.5) is 23.2 Å². The Morgan fingerprint density at radius 3 is 2.11 bits per heavy atom. The summed E-state index contributed by atoms with van der Waals surface area (Å²) in [5.74, 6) is -5.76. The summed E-state index contributed by atoms with van der Waals surface area (Å²) in [5.41, 5.74) is -1.58. The molecule has 2 rings (SSSR count). The number of hydrogen-bond acceptors (Lipinski definition) is 2. The lowest BCUT2D eigenvalue weighted by atomic mass is 10.0. The highest BCUT2D eigenvalue weighted by Gasteiger charge is 2.19. The molecule has 2 aromatic rings. The molecule has 7 heteroatoms. The number of halogens is 4. The number of nitro groups is 1. The van der Waals surface area contributed by atoms with E-state index in [-0.39, 0.29) is 0 Å². The summed E-state index contributed by atoms with van der Waals surface area (Å²) in [6, 6.07) is 3.83. The van der Waals surface area contributed by atoms with Gasteiger partial charge in [0.1, 0.15) is 5.82 Å². The number of hydrogen-bond donors (Lipinski definition) is 0. The lowest BCUT2D eigenvalue weighted by Gasteiger charge is -2.06. The van der Waals surface area contributed by atoms with Crippen LogP contribution < -0.4 is 0 Å². The Hall–Kier alpha value is -2.44. The van der Waals surface area contributed by atoms with Crippen LogP contribution in [0.15, 0.2) is 30.3 Å². The highest BCUT2D eigenvalue weighted by Crippen LogP contribution is 2.30. The van der Waals surface area contributed by atoms with Gasteiger partial charge >= 0.3 is 0 Å². The average Bonchev–Trinajstić information content (AvgIpc) is 2.37. The Morgan fingerprint density at radius 2 is 1.47 bits per heavy atom. The van der Waals surface area contributed by atoms with Gasteiger partial charge in [0.25, 0.3) is 5.69 Å². The summed E-state index contributed by atoms with van der Waals surface area (Å²) >= 11 is 0. The molecule has 0 heterocycles. The highest BCUT2D eigenvalue weighted by molar-refractivity contribution is 5.67. The van der Waals surface area contributed by atoms with Crippen molar-refractivity contribution in [3.8, 4) is 11.1 Å². The first-order valence-corrected chi connectivity index (χ1v) is 4.99. The van der Waals surface area contributed by atoms with Crippen molar-refractivity contribution in [1.29, 1.82) is 0 Å². The molecule has 0 saturated heterocycles. The highest BCUT2D eigenvalue weighted by atomic mass is 19.2. The van der Waals surface area contributed by atoms with Crippen LogP contribution in [-0.4, -0.2) is 4.92 Å². The molecule has 0 aliphatic carbocycles. The van der Waals surface area contributed by atoms with Crippen molar-refractivity contribution in [1.82, 2.24) is 0 Å². The fourth-order valence-electron chi connectivity index (χ4n) is 1.57. The third-order valence-corrected chi connectivity index (χ3v) is 2.49. The van der Waals surface area contributed by atoms with Crippen LogP contribution in [-0.2, 0) is 0 Å². The minimum absolute atomic E-state index is 0.486. The number of benzene rings is 2. The maximum atomic E-state index is 13.5. The molecule has 0 atom stereocenters. The Balaban J connectivity index is 2.68. The van der Waals surface area contributed by atoms with Crippen LogP contribution in [0.5, 0.6) is 0 Å². The number of nitrogens with zero attached hydrogens (tertiary/aromatic N) is 1. The zero-order valence-corrected chi connectivity index (χ0v) is 9.16. The van der Waals surface area contributed by atoms with E-state index in [0.717, 1.165) is 24.3 Å². The maximum Gasteiger partial charge on any atom is 0.270 e. The molecule has 0 saturated carbocycles. The van der Waals surface area contributed by atoms with E-state index in [9.17, 15) is 27.7 Å². The van der Waals surface area contributed by atoms with E-state index >= 15 is 0 Å². The van der Waals surface area contributed by atoms with Gasteiger partial charge in [-0.15, -0.1) is 0 Å².